The van der Waals surface area contributed by atoms with Gasteiger partial charge in [-0.25, -0.2) is 8.78 Å². The molecule has 0 aliphatic carbocycles. The average molecular weight is 253 g/mol. The van der Waals surface area contributed by atoms with Crippen LogP contribution in [-0.4, -0.2) is 13.7 Å². The van der Waals surface area contributed by atoms with E-state index in [9.17, 15) is 17.2 Å². The van der Waals surface area contributed by atoms with Crippen molar-refractivity contribution in [2.75, 3.05) is 5.32 Å². The standard InChI is InChI=1S/C7H3ClF2N2O2S/c8-7-11-5-2-3(9)1-4(10)6(5)15(13,14)12-7/h1-2H,(H,11,12). The maximum absolute atomic E-state index is 13.2. The summed E-state index contributed by atoms with van der Waals surface area (Å²) < 4.78 is 51.7. The molecule has 8 heteroatoms. The van der Waals surface area contributed by atoms with E-state index in [2.05, 4.69) is 9.71 Å². The lowest BCUT2D eigenvalue weighted by Crippen LogP contribution is -2.18. The molecule has 0 unspecified atom stereocenters. The second kappa shape index (κ2) is 3.14. The van der Waals surface area contributed by atoms with E-state index in [1.54, 1.807) is 0 Å². The molecule has 0 saturated carbocycles. The minimum atomic E-state index is -4.19. The Hall–Kier alpha value is -1.21. The monoisotopic (exact) mass is 252 g/mol. The highest BCUT2D eigenvalue weighted by Gasteiger charge is 2.28. The van der Waals surface area contributed by atoms with Gasteiger partial charge in [0.1, 0.15) is 16.5 Å². The first kappa shape index (κ1) is 10.3. The first-order valence-electron chi connectivity index (χ1n) is 3.67. The summed E-state index contributed by atoms with van der Waals surface area (Å²) in [5.74, 6) is -2.11. The van der Waals surface area contributed by atoms with Crippen LogP contribution in [0.15, 0.2) is 21.4 Å². The molecule has 1 aromatic rings. The van der Waals surface area contributed by atoms with Crippen LogP contribution in [-0.2, 0) is 10.0 Å². The predicted octanol–water partition coefficient (Wildman–Crippen LogP) is 1.67. The van der Waals surface area contributed by atoms with Crippen LogP contribution >= 0.6 is 11.6 Å². The zero-order valence-electron chi connectivity index (χ0n) is 6.96. The highest BCUT2D eigenvalue weighted by Crippen LogP contribution is 2.31. The number of rotatable bonds is 0. The lowest BCUT2D eigenvalue weighted by Gasteiger charge is -2.14. The number of hydrogen-bond donors (Lipinski definition) is 1. The second-order valence-electron chi connectivity index (χ2n) is 2.75. The first-order valence-corrected chi connectivity index (χ1v) is 5.48. The molecular weight excluding hydrogens is 250 g/mol. The maximum Gasteiger partial charge on any atom is 0.290 e. The number of fused-ring (bicyclic) bond motifs is 1. The van der Waals surface area contributed by atoms with Crippen molar-refractivity contribution >= 4 is 32.6 Å². The van der Waals surface area contributed by atoms with Gasteiger partial charge in [-0.1, -0.05) is 0 Å². The van der Waals surface area contributed by atoms with Gasteiger partial charge >= 0.3 is 0 Å². The van der Waals surface area contributed by atoms with E-state index in [-0.39, 0.29) is 5.69 Å². The molecule has 0 fully saturated rings. The lowest BCUT2D eigenvalue weighted by atomic mass is 10.3. The summed E-state index contributed by atoms with van der Waals surface area (Å²) in [5.41, 5.74) is -0.257. The van der Waals surface area contributed by atoms with Crippen LogP contribution in [0.25, 0.3) is 0 Å². The molecule has 15 heavy (non-hydrogen) atoms. The minimum Gasteiger partial charge on any atom is -0.328 e. The van der Waals surface area contributed by atoms with Crippen molar-refractivity contribution in [3.05, 3.63) is 23.8 Å². The molecule has 0 spiro atoms. The van der Waals surface area contributed by atoms with Gasteiger partial charge in [-0.05, 0) is 17.7 Å². The van der Waals surface area contributed by atoms with Crippen molar-refractivity contribution < 1.29 is 17.2 Å². The van der Waals surface area contributed by atoms with Crippen LogP contribution in [0.4, 0.5) is 14.5 Å². The van der Waals surface area contributed by atoms with Crippen LogP contribution in [0.1, 0.15) is 0 Å². The highest BCUT2D eigenvalue weighted by molar-refractivity contribution is 7.90. The molecule has 1 aromatic carbocycles. The number of anilines is 1. The summed E-state index contributed by atoms with van der Waals surface area (Å²) >= 11 is 5.35. The van der Waals surface area contributed by atoms with E-state index >= 15 is 0 Å². The van der Waals surface area contributed by atoms with Gasteiger partial charge in [0.25, 0.3) is 10.0 Å². The van der Waals surface area contributed by atoms with Crippen molar-refractivity contribution in [2.45, 2.75) is 4.90 Å². The Balaban J connectivity index is 2.80. The fraction of sp³-hybridized carbons (Fsp3) is 0. The summed E-state index contributed by atoms with van der Waals surface area (Å²) in [4.78, 5) is -0.701. The van der Waals surface area contributed by atoms with Gasteiger partial charge < -0.3 is 5.32 Å². The van der Waals surface area contributed by atoms with Crippen molar-refractivity contribution in [3.63, 3.8) is 0 Å². The van der Waals surface area contributed by atoms with Crippen molar-refractivity contribution in [2.24, 2.45) is 4.40 Å². The second-order valence-corrected chi connectivity index (χ2v) is 4.65. The van der Waals surface area contributed by atoms with Gasteiger partial charge in [-0.3, -0.25) is 0 Å². The van der Waals surface area contributed by atoms with Crippen LogP contribution < -0.4 is 5.32 Å². The van der Waals surface area contributed by atoms with Crippen molar-refractivity contribution in [1.82, 2.24) is 0 Å². The molecule has 0 radical (unpaired) electrons. The summed E-state index contributed by atoms with van der Waals surface area (Å²) in [6.45, 7) is 0. The molecule has 80 valence electrons. The third-order valence-corrected chi connectivity index (χ3v) is 3.34. The quantitative estimate of drug-likeness (QED) is 0.715. The zero-order valence-corrected chi connectivity index (χ0v) is 8.53. The predicted molar refractivity (Wildman–Crippen MR) is 50.5 cm³/mol. The van der Waals surface area contributed by atoms with Gasteiger partial charge in [-0.15, -0.1) is 4.40 Å². The molecule has 1 heterocycles. The number of benzene rings is 1. The maximum atomic E-state index is 13.2. The number of nitrogens with one attached hydrogen (secondary N) is 1. The average Bonchev–Trinajstić information content (AvgIpc) is 1.97. The summed E-state index contributed by atoms with van der Waals surface area (Å²) in [5, 5.41) is 1.80. The zero-order chi connectivity index (χ0) is 11.2. The molecule has 0 amide bonds. The molecule has 0 saturated heterocycles. The number of halogens is 3. The van der Waals surface area contributed by atoms with Crippen LogP contribution in [0, 0.1) is 11.6 Å². The Labute approximate surface area is 88.6 Å². The third kappa shape index (κ3) is 1.68. The molecule has 2 rings (SSSR count). The smallest absolute Gasteiger partial charge is 0.290 e. The van der Waals surface area contributed by atoms with Crippen LogP contribution in [0.2, 0.25) is 0 Å². The third-order valence-electron chi connectivity index (χ3n) is 1.70. The lowest BCUT2D eigenvalue weighted by molar-refractivity contribution is 0.551. The van der Waals surface area contributed by atoms with E-state index in [4.69, 9.17) is 11.6 Å². The Bertz CT molecular complexity index is 571. The highest BCUT2D eigenvalue weighted by atomic mass is 35.5. The van der Waals surface area contributed by atoms with Crippen molar-refractivity contribution in [3.8, 4) is 0 Å². The van der Waals surface area contributed by atoms with E-state index < -0.39 is 31.8 Å². The normalized spacial score (nSPS) is 17.7. The van der Waals surface area contributed by atoms with Gasteiger partial charge in [0.15, 0.2) is 0 Å². The van der Waals surface area contributed by atoms with Gasteiger partial charge in [0, 0.05) is 6.07 Å². The molecule has 1 aliphatic heterocycles. The first-order chi connectivity index (χ1) is 6.90. The van der Waals surface area contributed by atoms with E-state index in [1.165, 1.54) is 0 Å². The van der Waals surface area contributed by atoms with Crippen LogP contribution in [0.3, 0.4) is 0 Å². The fourth-order valence-corrected chi connectivity index (χ4v) is 2.62. The Kier molecular flexibility index (Phi) is 2.16. The molecule has 0 bridgehead atoms. The Morgan fingerprint density at radius 3 is 2.67 bits per heavy atom. The van der Waals surface area contributed by atoms with E-state index in [1.807, 2.05) is 0 Å². The van der Waals surface area contributed by atoms with Crippen molar-refractivity contribution in [1.29, 1.82) is 0 Å². The molecule has 1 N–H and O–H groups in total. The van der Waals surface area contributed by atoms with Crippen LogP contribution in [0.5, 0.6) is 0 Å². The Morgan fingerprint density at radius 2 is 2.00 bits per heavy atom. The van der Waals surface area contributed by atoms with E-state index in [0.29, 0.717) is 6.07 Å². The SMILES string of the molecule is O=S1(=O)N=C(Cl)Nc2cc(F)cc(F)c21. The molecule has 4 nitrogen and oxygen atoms in total. The topological polar surface area (TPSA) is 58.5 Å². The summed E-state index contributed by atoms with van der Waals surface area (Å²) in [7, 11) is -4.19. The Morgan fingerprint density at radius 1 is 1.33 bits per heavy atom. The van der Waals surface area contributed by atoms with Gasteiger partial charge in [0.05, 0.1) is 5.69 Å². The summed E-state index contributed by atoms with van der Waals surface area (Å²) in [6, 6.07) is 1.29. The fourth-order valence-electron chi connectivity index (χ4n) is 1.20. The molecule has 0 atom stereocenters. The number of amidine groups is 1. The molecule has 0 aromatic heterocycles. The molecular formula is C7H3ClF2N2O2S. The number of nitrogens with zero attached hydrogens (tertiary/aromatic N) is 1. The largest absolute Gasteiger partial charge is 0.328 e. The number of sulfonamides is 1. The number of hydrogen-bond acceptors (Lipinski definition) is 3. The minimum absolute atomic E-state index is 0.257. The van der Waals surface area contributed by atoms with Gasteiger partial charge in [0.2, 0.25) is 5.29 Å². The van der Waals surface area contributed by atoms with Gasteiger partial charge in [-0.2, -0.15) is 8.42 Å². The summed E-state index contributed by atoms with van der Waals surface area (Å²) in [6.07, 6.45) is 0. The molecule has 1 aliphatic rings. The van der Waals surface area contributed by atoms with E-state index in [0.717, 1.165) is 6.07 Å².